The molecule has 1 aromatic rings. The maximum atomic E-state index is 11.9. The molecular formula is C15H21NO. The second-order valence-electron chi connectivity index (χ2n) is 6.00. The summed E-state index contributed by atoms with van der Waals surface area (Å²) in [5.41, 5.74) is 2.40. The van der Waals surface area contributed by atoms with E-state index in [1.807, 2.05) is 33.0 Å². The van der Waals surface area contributed by atoms with Gasteiger partial charge in [0.1, 0.15) is 5.78 Å². The molecule has 0 bridgehead atoms. The molecule has 92 valence electrons. The molecular weight excluding hydrogens is 210 g/mol. The summed E-state index contributed by atoms with van der Waals surface area (Å²) >= 11 is 0. The summed E-state index contributed by atoms with van der Waals surface area (Å²) in [4.78, 5) is 16.4. The maximum absolute atomic E-state index is 11.9. The number of pyridine rings is 1. The molecule has 2 heteroatoms. The first-order valence-electron chi connectivity index (χ1n) is 6.45. The summed E-state index contributed by atoms with van der Waals surface area (Å²) in [5, 5.41) is 0. The lowest BCUT2D eigenvalue weighted by molar-refractivity contribution is -0.126. The summed E-state index contributed by atoms with van der Waals surface area (Å²) in [5.74, 6) is 0.861. The highest BCUT2D eigenvalue weighted by atomic mass is 16.1. The first-order valence-corrected chi connectivity index (χ1v) is 6.45. The largest absolute Gasteiger partial charge is 0.299 e. The SMILES string of the molecule is CC(C)(C)C(=O)CCC1CCc2cccnc21. The lowest BCUT2D eigenvalue weighted by Gasteiger charge is -2.18. The number of carbonyl (C=O) groups excluding carboxylic acids is 1. The van der Waals surface area contributed by atoms with Gasteiger partial charge in [0, 0.05) is 29.6 Å². The first-order chi connectivity index (χ1) is 7.98. The number of carbonyl (C=O) groups is 1. The Labute approximate surface area is 103 Å². The highest BCUT2D eigenvalue weighted by molar-refractivity contribution is 5.83. The fraction of sp³-hybridized carbons (Fsp3) is 0.600. The van der Waals surface area contributed by atoms with E-state index in [4.69, 9.17) is 0 Å². The number of Topliss-reactive ketones (excluding diaryl/α,β-unsaturated/α-hetero) is 1. The second kappa shape index (κ2) is 4.59. The van der Waals surface area contributed by atoms with Crippen molar-refractivity contribution in [2.45, 2.75) is 52.4 Å². The summed E-state index contributed by atoms with van der Waals surface area (Å²) < 4.78 is 0. The average Bonchev–Trinajstić information content (AvgIpc) is 2.68. The van der Waals surface area contributed by atoms with Crippen LogP contribution in [0.2, 0.25) is 0 Å². The summed E-state index contributed by atoms with van der Waals surface area (Å²) in [7, 11) is 0. The molecule has 0 spiro atoms. The lowest BCUT2D eigenvalue weighted by Crippen LogP contribution is -2.20. The predicted octanol–water partition coefficient (Wildman–Crippen LogP) is 3.51. The number of fused-ring (bicyclic) bond motifs is 1. The van der Waals surface area contributed by atoms with E-state index in [1.54, 1.807) is 0 Å². The van der Waals surface area contributed by atoms with Crippen LogP contribution in [0.25, 0.3) is 0 Å². The Balaban J connectivity index is 1.97. The molecule has 0 amide bonds. The van der Waals surface area contributed by atoms with Gasteiger partial charge in [-0.2, -0.15) is 0 Å². The molecule has 0 fully saturated rings. The molecule has 0 saturated heterocycles. The number of aromatic nitrogens is 1. The number of aryl methyl sites for hydroxylation is 1. The quantitative estimate of drug-likeness (QED) is 0.796. The minimum absolute atomic E-state index is 0.203. The molecule has 1 aromatic heterocycles. The third kappa shape index (κ3) is 2.74. The molecule has 1 unspecified atom stereocenters. The normalized spacial score (nSPS) is 19.1. The number of ketones is 1. The second-order valence-corrected chi connectivity index (χ2v) is 6.00. The molecule has 0 radical (unpaired) electrons. The fourth-order valence-electron chi connectivity index (χ4n) is 2.46. The van der Waals surface area contributed by atoms with E-state index in [-0.39, 0.29) is 5.41 Å². The van der Waals surface area contributed by atoms with Gasteiger partial charge >= 0.3 is 0 Å². The van der Waals surface area contributed by atoms with Gasteiger partial charge < -0.3 is 0 Å². The van der Waals surface area contributed by atoms with E-state index in [2.05, 4.69) is 11.1 Å². The van der Waals surface area contributed by atoms with Gasteiger partial charge in [-0.1, -0.05) is 26.8 Å². The van der Waals surface area contributed by atoms with Crippen molar-refractivity contribution in [3.05, 3.63) is 29.6 Å². The van der Waals surface area contributed by atoms with Crippen molar-refractivity contribution in [3.63, 3.8) is 0 Å². The van der Waals surface area contributed by atoms with Gasteiger partial charge in [0.15, 0.2) is 0 Å². The number of nitrogens with zero attached hydrogens (tertiary/aromatic N) is 1. The van der Waals surface area contributed by atoms with E-state index < -0.39 is 0 Å². The number of rotatable bonds is 3. The van der Waals surface area contributed by atoms with Gasteiger partial charge in [-0.3, -0.25) is 9.78 Å². The Morgan fingerprint density at radius 2 is 2.24 bits per heavy atom. The molecule has 17 heavy (non-hydrogen) atoms. The minimum Gasteiger partial charge on any atom is -0.299 e. The van der Waals surface area contributed by atoms with Gasteiger partial charge in [0.2, 0.25) is 0 Å². The Hall–Kier alpha value is -1.18. The molecule has 1 heterocycles. The highest BCUT2D eigenvalue weighted by Crippen LogP contribution is 2.35. The third-order valence-electron chi connectivity index (χ3n) is 3.63. The van der Waals surface area contributed by atoms with Crippen LogP contribution in [0.3, 0.4) is 0 Å². The average molecular weight is 231 g/mol. The molecule has 1 aliphatic carbocycles. The Morgan fingerprint density at radius 1 is 1.47 bits per heavy atom. The zero-order valence-electron chi connectivity index (χ0n) is 11.0. The van der Waals surface area contributed by atoms with E-state index in [0.717, 1.165) is 19.3 Å². The van der Waals surface area contributed by atoms with Crippen molar-refractivity contribution in [2.24, 2.45) is 5.41 Å². The predicted molar refractivity (Wildman–Crippen MR) is 69.0 cm³/mol. The van der Waals surface area contributed by atoms with E-state index >= 15 is 0 Å². The van der Waals surface area contributed by atoms with Crippen molar-refractivity contribution in [2.75, 3.05) is 0 Å². The van der Waals surface area contributed by atoms with E-state index in [9.17, 15) is 4.79 Å². The third-order valence-corrected chi connectivity index (χ3v) is 3.63. The Kier molecular flexibility index (Phi) is 3.32. The van der Waals surface area contributed by atoms with Crippen molar-refractivity contribution < 1.29 is 4.79 Å². The van der Waals surface area contributed by atoms with E-state index in [1.165, 1.54) is 11.3 Å². The van der Waals surface area contributed by atoms with E-state index in [0.29, 0.717) is 18.1 Å². The molecule has 0 saturated carbocycles. The zero-order valence-corrected chi connectivity index (χ0v) is 11.0. The summed E-state index contributed by atoms with van der Waals surface area (Å²) in [6, 6.07) is 4.16. The monoisotopic (exact) mass is 231 g/mol. The fourth-order valence-corrected chi connectivity index (χ4v) is 2.46. The molecule has 1 aliphatic rings. The van der Waals surface area contributed by atoms with Crippen molar-refractivity contribution in [3.8, 4) is 0 Å². The minimum atomic E-state index is -0.203. The van der Waals surface area contributed by atoms with Gasteiger partial charge in [0.25, 0.3) is 0 Å². The lowest BCUT2D eigenvalue weighted by atomic mass is 9.86. The van der Waals surface area contributed by atoms with Crippen LogP contribution >= 0.6 is 0 Å². The van der Waals surface area contributed by atoms with Gasteiger partial charge in [-0.05, 0) is 30.9 Å². The van der Waals surface area contributed by atoms with Crippen LogP contribution in [0.15, 0.2) is 18.3 Å². The standard InChI is InChI=1S/C15H21NO/c1-15(2,3)13(17)9-8-12-7-6-11-5-4-10-16-14(11)12/h4-5,10,12H,6-9H2,1-3H3. The van der Waals surface area contributed by atoms with Crippen LogP contribution in [0.4, 0.5) is 0 Å². The van der Waals surface area contributed by atoms with Gasteiger partial charge in [-0.25, -0.2) is 0 Å². The van der Waals surface area contributed by atoms with Crippen LogP contribution in [-0.2, 0) is 11.2 Å². The van der Waals surface area contributed by atoms with Crippen LogP contribution in [0, 0.1) is 5.41 Å². The summed E-state index contributed by atoms with van der Waals surface area (Å²) in [6.45, 7) is 5.99. The van der Waals surface area contributed by atoms with Crippen molar-refractivity contribution >= 4 is 5.78 Å². The Morgan fingerprint density at radius 3 is 2.94 bits per heavy atom. The summed E-state index contributed by atoms with van der Waals surface area (Å²) in [6.07, 6.45) is 5.79. The van der Waals surface area contributed by atoms with Crippen LogP contribution in [0.1, 0.15) is 57.2 Å². The van der Waals surface area contributed by atoms with Crippen molar-refractivity contribution in [1.82, 2.24) is 4.98 Å². The van der Waals surface area contributed by atoms with Crippen LogP contribution in [-0.4, -0.2) is 10.8 Å². The van der Waals surface area contributed by atoms with Gasteiger partial charge in [-0.15, -0.1) is 0 Å². The molecule has 1 atom stereocenters. The molecule has 0 N–H and O–H groups in total. The highest BCUT2D eigenvalue weighted by Gasteiger charge is 2.26. The topological polar surface area (TPSA) is 30.0 Å². The molecule has 2 rings (SSSR count). The van der Waals surface area contributed by atoms with Crippen LogP contribution < -0.4 is 0 Å². The van der Waals surface area contributed by atoms with Gasteiger partial charge in [0.05, 0.1) is 0 Å². The van der Waals surface area contributed by atoms with Crippen molar-refractivity contribution in [1.29, 1.82) is 0 Å². The number of hydrogen-bond donors (Lipinski definition) is 0. The number of hydrogen-bond acceptors (Lipinski definition) is 2. The maximum Gasteiger partial charge on any atom is 0.138 e. The molecule has 0 aromatic carbocycles. The van der Waals surface area contributed by atoms with Crippen LogP contribution in [0.5, 0.6) is 0 Å². The first kappa shape index (κ1) is 12.3. The smallest absolute Gasteiger partial charge is 0.138 e. The zero-order chi connectivity index (χ0) is 12.5. The molecule has 0 aliphatic heterocycles. The Bertz CT molecular complexity index is 417. The molecule has 2 nitrogen and oxygen atoms in total.